The highest BCUT2D eigenvalue weighted by Crippen LogP contribution is 2.34. The molecule has 0 fully saturated rings. The van der Waals surface area contributed by atoms with Gasteiger partial charge in [0.25, 0.3) is 0 Å². The number of carbonyl (C=O) groups excluding carboxylic acids is 1. The number of fused-ring (bicyclic) bond motifs is 1. The molecule has 84 valence electrons. The minimum Gasteiger partial charge on any atom is -0.293 e. The van der Waals surface area contributed by atoms with Crippen molar-refractivity contribution in [3.05, 3.63) is 28.8 Å². The summed E-state index contributed by atoms with van der Waals surface area (Å²) in [5.41, 5.74) is -1.61. The van der Waals surface area contributed by atoms with E-state index < -0.39 is 46.2 Å². The largest absolute Gasteiger partial charge is 0.293 e. The van der Waals surface area contributed by atoms with E-state index >= 15 is 0 Å². The summed E-state index contributed by atoms with van der Waals surface area (Å²) >= 11 is 0. The molecule has 0 amide bonds. The fourth-order valence-electron chi connectivity index (χ4n) is 1.45. The van der Waals surface area contributed by atoms with Crippen LogP contribution in [-0.2, 0) is 0 Å². The third kappa shape index (κ3) is 1.26. The Morgan fingerprint density at radius 3 is 2.25 bits per heavy atom. The maximum Gasteiger partial charge on any atom is 0.199 e. The van der Waals surface area contributed by atoms with Crippen LogP contribution in [0.5, 0.6) is 0 Å². The monoisotopic (exact) mass is 231 g/mol. The third-order valence-electron chi connectivity index (χ3n) is 2.33. The number of Topliss-reactive ketones (excluding diaryl/α,β-unsaturated/α-hetero) is 1. The highest BCUT2D eigenvalue weighted by Gasteiger charge is 2.32. The molecule has 16 heavy (non-hydrogen) atoms. The molecule has 0 aromatic heterocycles. The lowest BCUT2D eigenvalue weighted by Crippen LogP contribution is -2.20. The van der Waals surface area contributed by atoms with Gasteiger partial charge in [0.15, 0.2) is 29.1 Å². The Kier molecular flexibility index (Phi) is 2.29. The van der Waals surface area contributed by atoms with Gasteiger partial charge in [0, 0.05) is 6.21 Å². The number of hydrogen-bond acceptors (Lipinski definition) is 2. The third-order valence-corrected chi connectivity index (χ3v) is 2.33. The summed E-state index contributed by atoms with van der Waals surface area (Å²) in [5.74, 6) is -8.90. The van der Waals surface area contributed by atoms with Crippen LogP contribution in [0.1, 0.15) is 17.3 Å². The molecule has 1 atom stereocenters. The van der Waals surface area contributed by atoms with Crippen molar-refractivity contribution in [2.75, 3.05) is 0 Å². The molecule has 0 saturated heterocycles. The van der Waals surface area contributed by atoms with Gasteiger partial charge >= 0.3 is 0 Å². The van der Waals surface area contributed by atoms with Gasteiger partial charge in [0.05, 0.1) is 11.5 Å². The Bertz CT molecular complexity index is 524. The van der Waals surface area contributed by atoms with Crippen molar-refractivity contribution in [2.45, 2.75) is 6.92 Å². The molecule has 2 nitrogen and oxygen atoms in total. The van der Waals surface area contributed by atoms with E-state index in [-0.39, 0.29) is 0 Å². The molecule has 6 heteroatoms. The number of carbonyl (C=O) groups is 1. The number of ketones is 1. The van der Waals surface area contributed by atoms with E-state index in [1.54, 1.807) is 0 Å². The average Bonchev–Trinajstić information content (AvgIpc) is 2.27. The Hall–Kier alpha value is -1.72. The van der Waals surface area contributed by atoms with Crippen molar-refractivity contribution in [3.63, 3.8) is 0 Å². The number of nitrogens with zero attached hydrogens (tertiary/aromatic N) is 1. The smallest absolute Gasteiger partial charge is 0.199 e. The number of hydrogen-bond donors (Lipinski definition) is 0. The normalized spacial score (nSPS) is 18.8. The molecule has 2 rings (SSSR count). The van der Waals surface area contributed by atoms with Gasteiger partial charge in [-0.05, 0) is 0 Å². The van der Waals surface area contributed by atoms with Crippen LogP contribution in [0.4, 0.5) is 23.2 Å². The molecule has 1 unspecified atom stereocenters. The quantitative estimate of drug-likeness (QED) is 0.383. The molecule has 0 bridgehead atoms. The lowest BCUT2D eigenvalue weighted by molar-refractivity contribution is 0.0956. The maximum absolute atomic E-state index is 13.3. The number of aliphatic imine (C=N–C) groups is 1. The molecule has 0 N–H and O–H groups in total. The zero-order chi connectivity index (χ0) is 12.0. The van der Waals surface area contributed by atoms with E-state index in [0.717, 1.165) is 6.21 Å². The first-order valence-electron chi connectivity index (χ1n) is 4.39. The van der Waals surface area contributed by atoms with Crippen LogP contribution in [0.2, 0.25) is 0 Å². The topological polar surface area (TPSA) is 29.4 Å². The molecular formula is C10H5F4NO. The number of benzene rings is 1. The summed E-state index contributed by atoms with van der Waals surface area (Å²) in [6, 6.07) is 0. The molecule has 0 saturated carbocycles. The summed E-state index contributed by atoms with van der Waals surface area (Å²) in [6.07, 6.45) is 1.06. The van der Waals surface area contributed by atoms with Crippen molar-refractivity contribution >= 4 is 17.7 Å². The van der Waals surface area contributed by atoms with E-state index in [2.05, 4.69) is 4.99 Å². The maximum atomic E-state index is 13.3. The summed E-state index contributed by atoms with van der Waals surface area (Å²) in [4.78, 5) is 14.9. The van der Waals surface area contributed by atoms with Crippen LogP contribution < -0.4 is 0 Å². The SMILES string of the molecule is CC1C=Nc2c(F)c(F)c(F)c(F)c2C1=O. The Labute approximate surface area is 87.6 Å². The van der Waals surface area contributed by atoms with Gasteiger partial charge in [0.1, 0.15) is 5.69 Å². The summed E-state index contributed by atoms with van der Waals surface area (Å²) in [5, 5.41) is 0. The van der Waals surface area contributed by atoms with Crippen LogP contribution in [-0.4, -0.2) is 12.0 Å². The van der Waals surface area contributed by atoms with E-state index in [1.807, 2.05) is 0 Å². The fourth-order valence-corrected chi connectivity index (χ4v) is 1.45. The van der Waals surface area contributed by atoms with Gasteiger partial charge in [-0.15, -0.1) is 0 Å². The second kappa shape index (κ2) is 3.40. The zero-order valence-electron chi connectivity index (χ0n) is 8.02. The van der Waals surface area contributed by atoms with Gasteiger partial charge in [-0.2, -0.15) is 0 Å². The predicted octanol–water partition coefficient (Wildman–Crippen LogP) is 2.78. The molecule has 1 aliphatic heterocycles. The minimum atomic E-state index is -1.99. The van der Waals surface area contributed by atoms with Gasteiger partial charge in [-0.3, -0.25) is 9.79 Å². The molecule has 1 aromatic carbocycles. The van der Waals surface area contributed by atoms with Gasteiger partial charge in [-0.25, -0.2) is 17.6 Å². The summed E-state index contributed by atoms with van der Waals surface area (Å²) < 4.78 is 52.2. The van der Waals surface area contributed by atoms with E-state index in [4.69, 9.17) is 0 Å². The van der Waals surface area contributed by atoms with Crippen LogP contribution in [0.15, 0.2) is 4.99 Å². The van der Waals surface area contributed by atoms with Crippen LogP contribution in [0.3, 0.4) is 0 Å². The molecular weight excluding hydrogens is 226 g/mol. The minimum absolute atomic E-state index is 0.778. The van der Waals surface area contributed by atoms with Gasteiger partial charge in [0.2, 0.25) is 0 Å². The van der Waals surface area contributed by atoms with Crippen molar-refractivity contribution < 1.29 is 22.4 Å². The van der Waals surface area contributed by atoms with Gasteiger partial charge < -0.3 is 0 Å². The van der Waals surface area contributed by atoms with Crippen molar-refractivity contribution in [2.24, 2.45) is 10.9 Å². The Morgan fingerprint density at radius 1 is 1.06 bits per heavy atom. The first kappa shape index (κ1) is 10.8. The molecule has 1 aliphatic rings. The highest BCUT2D eigenvalue weighted by molar-refractivity contribution is 6.12. The first-order valence-corrected chi connectivity index (χ1v) is 4.39. The van der Waals surface area contributed by atoms with Gasteiger partial charge in [-0.1, -0.05) is 6.92 Å². The predicted molar refractivity (Wildman–Crippen MR) is 47.9 cm³/mol. The fraction of sp³-hybridized carbons (Fsp3) is 0.200. The van der Waals surface area contributed by atoms with E-state index in [1.165, 1.54) is 6.92 Å². The van der Waals surface area contributed by atoms with E-state index in [9.17, 15) is 22.4 Å². The Morgan fingerprint density at radius 2 is 1.62 bits per heavy atom. The van der Waals surface area contributed by atoms with Crippen LogP contribution in [0.25, 0.3) is 0 Å². The second-order valence-corrected chi connectivity index (χ2v) is 3.41. The van der Waals surface area contributed by atoms with E-state index in [0.29, 0.717) is 0 Å². The number of halogens is 4. The highest BCUT2D eigenvalue weighted by atomic mass is 19.2. The van der Waals surface area contributed by atoms with Crippen LogP contribution >= 0.6 is 0 Å². The Balaban J connectivity index is 2.85. The van der Waals surface area contributed by atoms with Crippen molar-refractivity contribution in [1.29, 1.82) is 0 Å². The standard InChI is InChI=1S/C10H5F4NO/c1-3-2-15-9-4(10(3)16)5(11)6(12)7(13)8(9)14/h2-3H,1H3. The molecule has 0 radical (unpaired) electrons. The summed E-state index contributed by atoms with van der Waals surface area (Å²) in [6.45, 7) is 1.40. The second-order valence-electron chi connectivity index (χ2n) is 3.41. The molecule has 1 heterocycles. The first-order chi connectivity index (χ1) is 7.45. The van der Waals surface area contributed by atoms with Crippen LogP contribution in [0, 0.1) is 29.2 Å². The van der Waals surface area contributed by atoms with Crippen molar-refractivity contribution in [3.8, 4) is 0 Å². The summed E-state index contributed by atoms with van der Waals surface area (Å²) in [7, 11) is 0. The average molecular weight is 231 g/mol. The molecule has 1 aromatic rings. The molecule has 0 spiro atoms. The van der Waals surface area contributed by atoms with Crippen molar-refractivity contribution in [1.82, 2.24) is 0 Å². The number of rotatable bonds is 0. The lowest BCUT2D eigenvalue weighted by Gasteiger charge is -2.15. The lowest BCUT2D eigenvalue weighted by atomic mass is 9.95. The molecule has 0 aliphatic carbocycles. The zero-order valence-corrected chi connectivity index (χ0v) is 8.02.